The molecule has 0 aliphatic carbocycles. The molecule has 3 heteroatoms. The molecule has 88 valence electrons. The van der Waals surface area contributed by atoms with Crippen LogP contribution in [0.5, 0.6) is 11.6 Å². The molecule has 0 N–H and O–H groups in total. The Kier molecular flexibility index (Phi) is 3.48. The Morgan fingerprint density at radius 1 is 1.06 bits per heavy atom. The Balaban J connectivity index is 2.34. The van der Waals surface area contributed by atoms with Crippen LogP contribution in [-0.2, 0) is 0 Å². The molecule has 0 aliphatic rings. The molecular formula is C14H14BrNO. The van der Waals surface area contributed by atoms with Crippen molar-refractivity contribution in [3.63, 3.8) is 0 Å². The Morgan fingerprint density at radius 2 is 1.71 bits per heavy atom. The largest absolute Gasteiger partial charge is 0.439 e. The summed E-state index contributed by atoms with van der Waals surface area (Å²) in [6, 6.07) is 7.90. The minimum atomic E-state index is 0.661. The van der Waals surface area contributed by atoms with E-state index in [0.29, 0.717) is 5.88 Å². The molecule has 0 unspecified atom stereocenters. The van der Waals surface area contributed by atoms with Gasteiger partial charge in [-0.3, -0.25) is 0 Å². The first kappa shape index (κ1) is 12.1. The summed E-state index contributed by atoms with van der Waals surface area (Å²) in [6.07, 6.45) is 1.74. The lowest BCUT2D eigenvalue weighted by Crippen LogP contribution is -1.92. The molecular weight excluding hydrogens is 278 g/mol. The van der Waals surface area contributed by atoms with Crippen molar-refractivity contribution in [3.05, 3.63) is 51.6 Å². The highest BCUT2D eigenvalue weighted by Gasteiger charge is 2.06. The number of nitrogens with zero attached hydrogens (tertiary/aromatic N) is 1. The first-order valence-corrected chi connectivity index (χ1v) is 6.23. The van der Waals surface area contributed by atoms with Crippen LogP contribution < -0.4 is 4.74 Å². The topological polar surface area (TPSA) is 22.1 Å². The standard InChI is InChI=1S/C14H14BrNO/c1-9-5-4-6-16-14(9)17-12-7-10(2)13(15)11(3)8-12/h4-8H,1-3H3. The quantitative estimate of drug-likeness (QED) is 0.809. The smallest absolute Gasteiger partial charge is 0.222 e. The van der Waals surface area contributed by atoms with Gasteiger partial charge in [0.15, 0.2) is 0 Å². The lowest BCUT2D eigenvalue weighted by Gasteiger charge is -2.10. The van der Waals surface area contributed by atoms with Gasteiger partial charge in [-0.15, -0.1) is 0 Å². The molecule has 0 atom stereocenters. The van der Waals surface area contributed by atoms with E-state index in [9.17, 15) is 0 Å². The maximum atomic E-state index is 5.79. The SMILES string of the molecule is Cc1cccnc1Oc1cc(C)c(Br)c(C)c1. The van der Waals surface area contributed by atoms with Crippen molar-refractivity contribution in [1.29, 1.82) is 0 Å². The Hall–Kier alpha value is -1.35. The first-order chi connectivity index (χ1) is 8.08. The van der Waals surface area contributed by atoms with Crippen LogP contribution in [0.25, 0.3) is 0 Å². The fourth-order valence-corrected chi connectivity index (χ4v) is 1.88. The summed E-state index contributed by atoms with van der Waals surface area (Å²) in [7, 11) is 0. The zero-order valence-electron chi connectivity index (χ0n) is 10.1. The third-order valence-corrected chi connectivity index (χ3v) is 3.84. The zero-order chi connectivity index (χ0) is 12.4. The van der Waals surface area contributed by atoms with E-state index in [1.807, 2.05) is 31.2 Å². The van der Waals surface area contributed by atoms with Crippen molar-refractivity contribution in [2.24, 2.45) is 0 Å². The average Bonchev–Trinajstić information content (AvgIpc) is 2.29. The predicted molar refractivity (Wildman–Crippen MR) is 72.7 cm³/mol. The number of rotatable bonds is 2. The molecule has 0 saturated heterocycles. The van der Waals surface area contributed by atoms with E-state index < -0.39 is 0 Å². The Labute approximate surface area is 110 Å². The van der Waals surface area contributed by atoms with Crippen LogP contribution >= 0.6 is 15.9 Å². The van der Waals surface area contributed by atoms with Crippen molar-refractivity contribution in [2.45, 2.75) is 20.8 Å². The molecule has 0 saturated carbocycles. The second-order valence-electron chi connectivity index (χ2n) is 4.10. The highest BCUT2D eigenvalue weighted by Crippen LogP contribution is 2.29. The van der Waals surface area contributed by atoms with E-state index in [1.165, 1.54) is 0 Å². The number of aryl methyl sites for hydroxylation is 3. The van der Waals surface area contributed by atoms with Crippen molar-refractivity contribution in [1.82, 2.24) is 4.98 Å². The van der Waals surface area contributed by atoms with Gasteiger partial charge in [0.1, 0.15) is 5.75 Å². The third kappa shape index (κ3) is 2.67. The predicted octanol–water partition coefficient (Wildman–Crippen LogP) is 4.56. The zero-order valence-corrected chi connectivity index (χ0v) is 11.7. The fraction of sp³-hybridized carbons (Fsp3) is 0.214. The number of hydrogen-bond acceptors (Lipinski definition) is 2. The molecule has 1 aromatic heterocycles. The van der Waals surface area contributed by atoms with E-state index in [0.717, 1.165) is 26.9 Å². The summed E-state index contributed by atoms with van der Waals surface area (Å²) in [5, 5.41) is 0. The maximum absolute atomic E-state index is 5.79. The van der Waals surface area contributed by atoms with Crippen LogP contribution in [0.3, 0.4) is 0 Å². The molecule has 0 bridgehead atoms. The lowest BCUT2D eigenvalue weighted by molar-refractivity contribution is 0.458. The second kappa shape index (κ2) is 4.88. The average molecular weight is 292 g/mol. The van der Waals surface area contributed by atoms with Crippen molar-refractivity contribution >= 4 is 15.9 Å². The molecule has 0 radical (unpaired) electrons. The maximum Gasteiger partial charge on any atom is 0.222 e. The van der Waals surface area contributed by atoms with Crippen molar-refractivity contribution < 1.29 is 4.74 Å². The molecule has 0 aliphatic heterocycles. The number of pyridine rings is 1. The van der Waals surface area contributed by atoms with Gasteiger partial charge in [0.25, 0.3) is 0 Å². The van der Waals surface area contributed by atoms with Gasteiger partial charge in [-0.05, 0) is 50.1 Å². The summed E-state index contributed by atoms with van der Waals surface area (Å²) < 4.78 is 6.92. The second-order valence-corrected chi connectivity index (χ2v) is 4.89. The van der Waals surface area contributed by atoms with E-state index in [2.05, 4.69) is 34.8 Å². The van der Waals surface area contributed by atoms with E-state index in [1.54, 1.807) is 6.20 Å². The van der Waals surface area contributed by atoms with Gasteiger partial charge in [-0.2, -0.15) is 0 Å². The van der Waals surface area contributed by atoms with E-state index in [-0.39, 0.29) is 0 Å². The molecule has 0 spiro atoms. The lowest BCUT2D eigenvalue weighted by atomic mass is 10.1. The molecule has 2 nitrogen and oxygen atoms in total. The minimum Gasteiger partial charge on any atom is -0.439 e. The van der Waals surface area contributed by atoms with Crippen LogP contribution in [0.2, 0.25) is 0 Å². The van der Waals surface area contributed by atoms with Crippen LogP contribution in [0.4, 0.5) is 0 Å². The number of aromatic nitrogens is 1. The summed E-state index contributed by atoms with van der Waals surface area (Å²) in [5.74, 6) is 1.48. The highest BCUT2D eigenvalue weighted by atomic mass is 79.9. The molecule has 2 aromatic rings. The summed E-state index contributed by atoms with van der Waals surface area (Å²) >= 11 is 3.54. The number of ether oxygens (including phenoxy) is 1. The number of hydrogen-bond donors (Lipinski definition) is 0. The molecule has 0 amide bonds. The summed E-state index contributed by atoms with van der Waals surface area (Å²) in [5.41, 5.74) is 3.35. The van der Waals surface area contributed by atoms with Crippen LogP contribution in [0.15, 0.2) is 34.9 Å². The molecule has 1 aromatic carbocycles. The Bertz CT molecular complexity index is 529. The monoisotopic (exact) mass is 291 g/mol. The van der Waals surface area contributed by atoms with Gasteiger partial charge < -0.3 is 4.74 Å². The third-order valence-electron chi connectivity index (χ3n) is 2.59. The Morgan fingerprint density at radius 3 is 2.29 bits per heavy atom. The van der Waals surface area contributed by atoms with Gasteiger partial charge in [-0.25, -0.2) is 4.98 Å². The number of halogens is 1. The van der Waals surface area contributed by atoms with E-state index >= 15 is 0 Å². The van der Waals surface area contributed by atoms with Gasteiger partial charge in [0, 0.05) is 16.2 Å². The van der Waals surface area contributed by atoms with Gasteiger partial charge in [0.05, 0.1) is 0 Å². The van der Waals surface area contributed by atoms with Crippen LogP contribution in [0, 0.1) is 20.8 Å². The van der Waals surface area contributed by atoms with Crippen LogP contribution in [0.1, 0.15) is 16.7 Å². The summed E-state index contributed by atoms with van der Waals surface area (Å²) in [4.78, 5) is 4.22. The van der Waals surface area contributed by atoms with Crippen LogP contribution in [-0.4, -0.2) is 4.98 Å². The van der Waals surface area contributed by atoms with Crippen molar-refractivity contribution in [2.75, 3.05) is 0 Å². The molecule has 2 rings (SSSR count). The van der Waals surface area contributed by atoms with Gasteiger partial charge >= 0.3 is 0 Å². The fourth-order valence-electron chi connectivity index (χ4n) is 1.65. The molecule has 1 heterocycles. The van der Waals surface area contributed by atoms with Crippen molar-refractivity contribution in [3.8, 4) is 11.6 Å². The summed E-state index contributed by atoms with van der Waals surface area (Å²) in [6.45, 7) is 6.09. The molecule has 17 heavy (non-hydrogen) atoms. The first-order valence-electron chi connectivity index (χ1n) is 5.44. The number of benzene rings is 1. The normalized spacial score (nSPS) is 10.4. The molecule has 0 fully saturated rings. The van der Waals surface area contributed by atoms with Gasteiger partial charge in [-0.1, -0.05) is 22.0 Å². The minimum absolute atomic E-state index is 0.661. The van der Waals surface area contributed by atoms with E-state index in [4.69, 9.17) is 4.74 Å². The highest BCUT2D eigenvalue weighted by molar-refractivity contribution is 9.10. The van der Waals surface area contributed by atoms with Gasteiger partial charge in [0.2, 0.25) is 5.88 Å².